The van der Waals surface area contributed by atoms with Crippen LogP contribution in [0.4, 0.5) is 11.6 Å². The summed E-state index contributed by atoms with van der Waals surface area (Å²) >= 11 is 0. The van der Waals surface area contributed by atoms with Crippen LogP contribution < -0.4 is 16.4 Å². The van der Waals surface area contributed by atoms with E-state index in [4.69, 9.17) is 8.83 Å². The van der Waals surface area contributed by atoms with Crippen LogP contribution in [-0.2, 0) is 14.4 Å². The van der Waals surface area contributed by atoms with Gasteiger partial charge in [-0.2, -0.15) is 10.2 Å². The van der Waals surface area contributed by atoms with Crippen LogP contribution in [0.5, 0.6) is 0 Å². The second-order valence-electron chi connectivity index (χ2n) is 12.7. The first-order chi connectivity index (χ1) is 25.3. The fourth-order valence-corrected chi connectivity index (χ4v) is 4.81. The minimum Gasteiger partial charge on any atom is -0.461 e. The molecule has 0 atom stereocenters. The first kappa shape index (κ1) is 37.8. The Balaban J connectivity index is 0.000000182. The van der Waals surface area contributed by atoms with Gasteiger partial charge in [0.2, 0.25) is 17.7 Å². The third kappa shape index (κ3) is 10.1. The van der Waals surface area contributed by atoms with E-state index in [1.54, 1.807) is 65.2 Å². The molecule has 53 heavy (non-hydrogen) atoms. The second kappa shape index (κ2) is 16.7. The summed E-state index contributed by atoms with van der Waals surface area (Å²) in [4.78, 5) is 51.5. The molecule has 276 valence electrons. The van der Waals surface area contributed by atoms with E-state index in [0.717, 1.165) is 35.6 Å². The van der Waals surface area contributed by atoms with E-state index in [2.05, 4.69) is 46.5 Å². The number of primary amides is 1. The Hall–Kier alpha value is -6.45. The summed E-state index contributed by atoms with van der Waals surface area (Å²) in [6.07, 6.45) is 5.44. The summed E-state index contributed by atoms with van der Waals surface area (Å²) < 4.78 is 14.2. The quantitative estimate of drug-likeness (QED) is 0.160. The number of nitrogens with zero attached hydrogens (tertiary/aromatic N) is 8. The summed E-state index contributed by atoms with van der Waals surface area (Å²) in [5.41, 5.74) is 8.33. The van der Waals surface area contributed by atoms with E-state index in [-0.39, 0.29) is 29.6 Å². The molecule has 16 heteroatoms. The zero-order chi connectivity index (χ0) is 38.2. The van der Waals surface area contributed by atoms with Crippen LogP contribution in [0.3, 0.4) is 0 Å². The zero-order valence-electron chi connectivity index (χ0n) is 30.7. The van der Waals surface area contributed by atoms with Crippen LogP contribution >= 0.6 is 0 Å². The minimum atomic E-state index is -0.245. The van der Waals surface area contributed by atoms with Crippen molar-refractivity contribution in [1.29, 1.82) is 0 Å². The number of aromatic nitrogens is 8. The third-order valence-corrected chi connectivity index (χ3v) is 7.69. The van der Waals surface area contributed by atoms with Crippen LogP contribution in [0, 0.1) is 39.5 Å². The van der Waals surface area contributed by atoms with E-state index < -0.39 is 0 Å². The number of hydrogen-bond donors (Lipinski definition) is 3. The average molecular weight is 722 g/mol. The Morgan fingerprint density at radius 1 is 0.774 bits per heavy atom. The van der Waals surface area contributed by atoms with Crippen molar-refractivity contribution in [2.24, 2.45) is 17.6 Å². The van der Waals surface area contributed by atoms with Gasteiger partial charge in [0, 0.05) is 41.8 Å². The van der Waals surface area contributed by atoms with E-state index in [1.807, 2.05) is 53.7 Å². The molecule has 0 unspecified atom stereocenters. The van der Waals surface area contributed by atoms with Crippen molar-refractivity contribution in [1.82, 2.24) is 39.5 Å². The standard InChI is InChI=1S/C17H17N5O2.C17H19N5O2.C3H7NO/c1-10-8-11(2)22(21-10)15-9-14(19-17(23)12-5-6-12)18-16(20-15)13-4-3-7-24-13;1-10(2)17(23)19-14-9-15(22-12(4)8-11(3)21-22)20-16(18-14)13-6-5-7-24-13;1-2-3(4)5/h3-4,7-9,12H,5-6H2,1-2H3,(H,18,19,20,23);5-10H,1-4H3,(H,18,19,20,23);2H2,1H3,(H2,4,5). The highest BCUT2D eigenvalue weighted by molar-refractivity contribution is 5.93. The van der Waals surface area contributed by atoms with Gasteiger partial charge in [0.1, 0.15) is 11.6 Å². The molecule has 6 aromatic heterocycles. The maximum absolute atomic E-state index is 12.1. The fourth-order valence-electron chi connectivity index (χ4n) is 4.81. The minimum absolute atomic E-state index is 0.00147. The zero-order valence-corrected chi connectivity index (χ0v) is 30.7. The highest BCUT2D eigenvalue weighted by Gasteiger charge is 2.30. The molecule has 6 aromatic rings. The molecule has 0 spiro atoms. The molecule has 7 rings (SSSR count). The number of carbonyl (C=O) groups excluding carboxylic acids is 3. The maximum Gasteiger partial charge on any atom is 0.228 e. The van der Waals surface area contributed by atoms with Crippen molar-refractivity contribution in [3.05, 3.63) is 83.8 Å². The van der Waals surface area contributed by atoms with Crippen LogP contribution in [-0.4, -0.2) is 57.2 Å². The molecule has 1 aliphatic rings. The predicted octanol–water partition coefficient (Wildman–Crippen LogP) is 5.90. The highest BCUT2D eigenvalue weighted by atomic mass is 16.3. The van der Waals surface area contributed by atoms with Crippen LogP contribution in [0.1, 0.15) is 62.8 Å². The molecular weight excluding hydrogens is 678 g/mol. The summed E-state index contributed by atoms with van der Waals surface area (Å²) in [5.74, 6) is 3.50. The highest BCUT2D eigenvalue weighted by Crippen LogP contribution is 2.30. The van der Waals surface area contributed by atoms with E-state index in [0.29, 0.717) is 52.9 Å². The van der Waals surface area contributed by atoms with Gasteiger partial charge in [-0.1, -0.05) is 20.8 Å². The Morgan fingerprint density at radius 2 is 1.23 bits per heavy atom. The molecule has 16 nitrogen and oxygen atoms in total. The SMILES string of the molecule is CCC(N)=O.Cc1cc(C)n(-c2cc(NC(=O)C(C)C)nc(-c3ccco3)n2)n1.Cc1cc(C)n(-c2cc(NC(=O)C3CC3)nc(-c3ccco3)n2)n1. The van der Waals surface area contributed by atoms with Gasteiger partial charge in [-0.3, -0.25) is 14.4 Å². The Bertz CT molecular complexity index is 2040. The van der Waals surface area contributed by atoms with E-state index in [1.165, 1.54) is 0 Å². The van der Waals surface area contributed by atoms with Crippen molar-refractivity contribution in [3.63, 3.8) is 0 Å². The fraction of sp³-hybridized carbons (Fsp3) is 0.324. The summed E-state index contributed by atoms with van der Waals surface area (Å²) in [7, 11) is 0. The topological polar surface area (TPSA) is 215 Å². The maximum atomic E-state index is 12.1. The molecule has 4 N–H and O–H groups in total. The number of anilines is 2. The van der Waals surface area contributed by atoms with Gasteiger partial charge in [-0.05, 0) is 76.9 Å². The molecular formula is C37H43N11O5. The average Bonchev–Trinajstić information content (AvgIpc) is 3.47. The first-order valence-corrected chi connectivity index (χ1v) is 17.1. The lowest BCUT2D eigenvalue weighted by molar-refractivity contribution is -0.119. The molecule has 1 fully saturated rings. The second-order valence-corrected chi connectivity index (χ2v) is 12.7. The largest absolute Gasteiger partial charge is 0.461 e. The number of aryl methyl sites for hydroxylation is 4. The van der Waals surface area contributed by atoms with Gasteiger partial charge in [0.05, 0.1) is 23.9 Å². The van der Waals surface area contributed by atoms with E-state index >= 15 is 0 Å². The molecule has 1 saturated carbocycles. The predicted molar refractivity (Wildman–Crippen MR) is 197 cm³/mol. The van der Waals surface area contributed by atoms with Crippen molar-refractivity contribution in [2.45, 2.75) is 67.7 Å². The summed E-state index contributed by atoms with van der Waals surface area (Å²) in [6, 6.07) is 14.5. The lowest BCUT2D eigenvalue weighted by Gasteiger charge is -2.10. The smallest absolute Gasteiger partial charge is 0.228 e. The number of nitrogens with one attached hydrogen (secondary N) is 2. The Morgan fingerprint density at radius 3 is 1.57 bits per heavy atom. The summed E-state index contributed by atoms with van der Waals surface area (Å²) in [5, 5.41) is 14.6. The summed E-state index contributed by atoms with van der Waals surface area (Å²) in [6.45, 7) is 13.1. The molecule has 3 amide bonds. The molecule has 1 aliphatic carbocycles. The van der Waals surface area contributed by atoms with Gasteiger partial charge in [-0.15, -0.1) is 0 Å². The van der Waals surface area contributed by atoms with Gasteiger partial charge >= 0.3 is 0 Å². The van der Waals surface area contributed by atoms with Crippen molar-refractivity contribution in [3.8, 4) is 34.8 Å². The normalized spacial score (nSPS) is 12.0. The van der Waals surface area contributed by atoms with E-state index in [9.17, 15) is 14.4 Å². The van der Waals surface area contributed by atoms with Crippen molar-refractivity contribution in [2.75, 3.05) is 10.6 Å². The molecule has 0 aliphatic heterocycles. The van der Waals surface area contributed by atoms with Gasteiger partial charge in [-0.25, -0.2) is 29.3 Å². The van der Waals surface area contributed by atoms with Crippen LogP contribution in [0.25, 0.3) is 34.8 Å². The number of carbonyl (C=O) groups is 3. The number of hydrogen-bond acceptors (Lipinski definition) is 11. The van der Waals surface area contributed by atoms with Crippen LogP contribution in [0.15, 0.2) is 69.9 Å². The molecule has 6 heterocycles. The number of amides is 3. The monoisotopic (exact) mass is 721 g/mol. The lowest BCUT2D eigenvalue weighted by atomic mass is 10.2. The van der Waals surface area contributed by atoms with Crippen molar-refractivity contribution >= 4 is 29.4 Å². The van der Waals surface area contributed by atoms with Gasteiger partial charge in [0.25, 0.3) is 0 Å². The Kier molecular flexibility index (Phi) is 11.9. The molecule has 0 bridgehead atoms. The van der Waals surface area contributed by atoms with Gasteiger partial charge < -0.3 is 25.2 Å². The van der Waals surface area contributed by atoms with Crippen LogP contribution in [0.2, 0.25) is 0 Å². The molecule has 0 saturated heterocycles. The Labute approximate surface area is 306 Å². The van der Waals surface area contributed by atoms with Gasteiger partial charge in [0.15, 0.2) is 34.8 Å². The lowest BCUT2D eigenvalue weighted by Crippen LogP contribution is -2.19. The number of rotatable bonds is 9. The van der Waals surface area contributed by atoms with Crippen molar-refractivity contribution < 1.29 is 23.2 Å². The molecule has 0 aromatic carbocycles. The first-order valence-electron chi connectivity index (χ1n) is 17.1. The number of nitrogens with two attached hydrogens (primary N) is 1. The molecule has 0 radical (unpaired) electrons. The number of furan rings is 2. The third-order valence-electron chi connectivity index (χ3n) is 7.69.